The first-order valence-electron chi connectivity index (χ1n) is 17.5. The van der Waals surface area contributed by atoms with Crippen molar-refractivity contribution >= 4 is 11.5 Å². The minimum absolute atomic E-state index is 0.168. The van der Waals surface area contributed by atoms with Crippen LogP contribution in [0.15, 0.2) is 54.6 Å². The van der Waals surface area contributed by atoms with Gasteiger partial charge in [-0.15, -0.1) is 6.58 Å². The van der Waals surface area contributed by atoms with Crippen molar-refractivity contribution in [1.82, 2.24) is 9.80 Å². The van der Waals surface area contributed by atoms with Crippen molar-refractivity contribution in [3.8, 4) is 11.5 Å². The molecule has 3 heterocycles. The molecule has 1 atom stereocenters. The van der Waals surface area contributed by atoms with Crippen molar-refractivity contribution in [1.29, 1.82) is 0 Å². The standard InChI is InChI=1S/C39H53FN2O3/c1-5-21-42-25-20-34-33(28-42)38-35(44-37(43)15-12-24-41-22-9-8-10-23-41)26-31(27-36(38)45-39(34,6-2)7-3)29(4)13-11-14-30-16-18-32(40)19-17-30/h5,16-19,26-27,29H,1,6-15,20-25,28H2,2-4H3. The lowest BCUT2D eigenvalue weighted by Crippen LogP contribution is -2.45. The van der Waals surface area contributed by atoms with E-state index in [2.05, 4.69) is 49.3 Å². The molecule has 45 heavy (non-hydrogen) atoms. The average Bonchev–Trinajstić information content (AvgIpc) is 3.05. The largest absolute Gasteiger partial charge is 0.482 e. The smallest absolute Gasteiger partial charge is 0.311 e. The molecule has 1 fully saturated rings. The summed E-state index contributed by atoms with van der Waals surface area (Å²) in [5.41, 5.74) is 5.52. The predicted molar refractivity (Wildman–Crippen MR) is 181 cm³/mol. The van der Waals surface area contributed by atoms with Crippen molar-refractivity contribution in [3.63, 3.8) is 0 Å². The van der Waals surface area contributed by atoms with Crippen LogP contribution in [0.4, 0.5) is 4.39 Å². The molecule has 244 valence electrons. The quantitative estimate of drug-likeness (QED) is 0.121. The van der Waals surface area contributed by atoms with E-state index in [1.165, 1.54) is 42.5 Å². The van der Waals surface area contributed by atoms with Gasteiger partial charge in [0.05, 0.1) is 5.56 Å². The van der Waals surface area contributed by atoms with Crippen LogP contribution in [0.5, 0.6) is 11.5 Å². The van der Waals surface area contributed by atoms with Gasteiger partial charge >= 0.3 is 5.97 Å². The third kappa shape index (κ3) is 8.07. The molecule has 2 aromatic rings. The lowest BCUT2D eigenvalue weighted by Gasteiger charge is -2.45. The summed E-state index contributed by atoms with van der Waals surface area (Å²) >= 11 is 0. The van der Waals surface area contributed by atoms with Gasteiger partial charge < -0.3 is 14.4 Å². The number of likely N-dealkylation sites (tertiary alicyclic amines) is 1. The lowest BCUT2D eigenvalue weighted by atomic mass is 9.76. The van der Waals surface area contributed by atoms with Crippen LogP contribution in [0.2, 0.25) is 0 Å². The number of halogens is 1. The third-order valence-electron chi connectivity index (χ3n) is 10.3. The molecule has 0 N–H and O–H groups in total. The average molecular weight is 617 g/mol. The Morgan fingerprint density at radius 3 is 2.53 bits per heavy atom. The Hall–Kier alpha value is -2.96. The molecular formula is C39H53FN2O3. The Labute approximate surface area is 270 Å². The summed E-state index contributed by atoms with van der Waals surface area (Å²) in [6, 6.07) is 11.1. The molecular weight excluding hydrogens is 563 g/mol. The summed E-state index contributed by atoms with van der Waals surface area (Å²) in [7, 11) is 0. The normalized spacial score (nSPS) is 18.9. The maximum Gasteiger partial charge on any atom is 0.311 e. The van der Waals surface area contributed by atoms with Gasteiger partial charge in [-0.05, 0) is 130 Å². The molecule has 0 bridgehead atoms. The number of carbonyl (C=O) groups is 1. The molecule has 1 saturated heterocycles. The topological polar surface area (TPSA) is 42.0 Å². The Morgan fingerprint density at radius 2 is 1.82 bits per heavy atom. The van der Waals surface area contributed by atoms with Crippen LogP contribution in [0, 0.1) is 5.82 Å². The second-order valence-corrected chi connectivity index (χ2v) is 13.3. The first-order valence-corrected chi connectivity index (χ1v) is 17.5. The highest BCUT2D eigenvalue weighted by Gasteiger charge is 2.43. The number of fused-ring (bicyclic) bond motifs is 2. The number of nitrogens with zero attached hydrogens (tertiary/aromatic N) is 2. The number of hydrogen-bond acceptors (Lipinski definition) is 5. The van der Waals surface area contributed by atoms with Gasteiger partial charge in [0.15, 0.2) is 0 Å². The first kappa shape index (κ1) is 33.4. The number of ether oxygens (including phenoxy) is 2. The zero-order valence-electron chi connectivity index (χ0n) is 27.8. The SMILES string of the molecule is C=CCN1CCC2=C(C1)c1c(OC(=O)CCCN3CCCCC3)cc(C(C)CCCc3ccc(F)cc3)cc1OC2(CC)CC. The molecule has 3 aliphatic heterocycles. The number of rotatable bonds is 14. The number of aryl methyl sites for hydroxylation is 1. The summed E-state index contributed by atoms with van der Waals surface area (Å²) in [4.78, 5) is 18.3. The van der Waals surface area contributed by atoms with E-state index in [1.54, 1.807) is 0 Å². The molecule has 0 radical (unpaired) electrons. The van der Waals surface area contributed by atoms with Gasteiger partial charge in [-0.2, -0.15) is 0 Å². The van der Waals surface area contributed by atoms with E-state index < -0.39 is 0 Å². The van der Waals surface area contributed by atoms with E-state index >= 15 is 0 Å². The predicted octanol–water partition coefficient (Wildman–Crippen LogP) is 8.72. The van der Waals surface area contributed by atoms with Gasteiger partial charge in [-0.1, -0.05) is 45.4 Å². The summed E-state index contributed by atoms with van der Waals surface area (Å²) in [5.74, 6) is 1.36. The molecule has 3 aliphatic rings. The van der Waals surface area contributed by atoms with Crippen molar-refractivity contribution in [3.05, 3.63) is 77.1 Å². The molecule has 0 spiro atoms. The number of hydrogen-bond donors (Lipinski definition) is 0. The zero-order chi connectivity index (χ0) is 31.8. The molecule has 0 amide bonds. The second kappa shape index (κ2) is 15.6. The van der Waals surface area contributed by atoms with Crippen molar-refractivity contribution < 1.29 is 18.7 Å². The Morgan fingerprint density at radius 1 is 1.07 bits per heavy atom. The van der Waals surface area contributed by atoms with Crippen molar-refractivity contribution in [2.24, 2.45) is 0 Å². The van der Waals surface area contributed by atoms with Crippen molar-refractivity contribution in [2.45, 2.75) is 103 Å². The van der Waals surface area contributed by atoms with Crippen LogP contribution in [0.3, 0.4) is 0 Å². The summed E-state index contributed by atoms with van der Waals surface area (Å²) in [6.45, 7) is 16.5. The van der Waals surface area contributed by atoms with E-state index in [1.807, 2.05) is 18.2 Å². The number of benzene rings is 2. The Kier molecular flexibility index (Phi) is 11.5. The number of esters is 1. The molecule has 2 aromatic carbocycles. The van der Waals surface area contributed by atoms with Crippen LogP contribution >= 0.6 is 0 Å². The fourth-order valence-corrected chi connectivity index (χ4v) is 7.57. The van der Waals surface area contributed by atoms with Gasteiger partial charge in [-0.3, -0.25) is 9.69 Å². The first-order chi connectivity index (χ1) is 21.9. The van der Waals surface area contributed by atoms with Crippen LogP contribution in [-0.4, -0.2) is 60.6 Å². The summed E-state index contributed by atoms with van der Waals surface area (Å²) in [6.07, 6.45) is 12.6. The van der Waals surface area contributed by atoms with Gasteiger partial charge in [0.2, 0.25) is 0 Å². The van der Waals surface area contributed by atoms with E-state index in [0.717, 1.165) is 107 Å². The van der Waals surface area contributed by atoms with Gasteiger partial charge in [0.25, 0.3) is 0 Å². The van der Waals surface area contributed by atoms with E-state index in [-0.39, 0.29) is 23.3 Å². The van der Waals surface area contributed by atoms with E-state index in [0.29, 0.717) is 12.2 Å². The Bertz CT molecular complexity index is 1340. The molecule has 1 unspecified atom stereocenters. The maximum absolute atomic E-state index is 13.4. The highest BCUT2D eigenvalue weighted by atomic mass is 19.1. The van der Waals surface area contributed by atoms with Crippen LogP contribution in [0.1, 0.15) is 108 Å². The van der Waals surface area contributed by atoms with Crippen LogP contribution in [0.25, 0.3) is 5.57 Å². The number of carbonyl (C=O) groups excluding carboxylic acids is 1. The van der Waals surface area contributed by atoms with Crippen LogP contribution < -0.4 is 9.47 Å². The van der Waals surface area contributed by atoms with E-state index in [4.69, 9.17) is 9.47 Å². The Balaban J connectivity index is 1.42. The van der Waals surface area contributed by atoms with Crippen molar-refractivity contribution in [2.75, 3.05) is 39.3 Å². The van der Waals surface area contributed by atoms with E-state index in [9.17, 15) is 9.18 Å². The van der Waals surface area contributed by atoms with Gasteiger partial charge in [-0.25, -0.2) is 4.39 Å². The molecule has 6 heteroatoms. The molecule has 5 rings (SSSR count). The third-order valence-corrected chi connectivity index (χ3v) is 10.3. The minimum Gasteiger partial charge on any atom is -0.482 e. The van der Waals surface area contributed by atoms with Crippen LogP contribution in [-0.2, 0) is 11.2 Å². The maximum atomic E-state index is 13.4. The summed E-state index contributed by atoms with van der Waals surface area (Å²) < 4.78 is 26.7. The molecule has 5 nitrogen and oxygen atoms in total. The second-order valence-electron chi connectivity index (χ2n) is 13.3. The highest BCUT2D eigenvalue weighted by Crippen LogP contribution is 2.51. The fourth-order valence-electron chi connectivity index (χ4n) is 7.57. The van der Waals surface area contributed by atoms with Gasteiger partial charge in [0.1, 0.15) is 22.9 Å². The summed E-state index contributed by atoms with van der Waals surface area (Å²) in [5, 5.41) is 0. The number of piperidine rings is 1. The lowest BCUT2D eigenvalue weighted by molar-refractivity contribution is -0.134. The monoisotopic (exact) mass is 616 g/mol. The highest BCUT2D eigenvalue weighted by molar-refractivity contribution is 5.85. The fraction of sp³-hybridized carbons (Fsp3) is 0.564. The molecule has 0 aromatic heterocycles. The molecule has 0 aliphatic carbocycles. The minimum atomic E-state index is -0.344. The molecule has 0 saturated carbocycles. The zero-order valence-corrected chi connectivity index (χ0v) is 27.8. The van der Waals surface area contributed by atoms with Gasteiger partial charge in [0, 0.05) is 26.1 Å².